The van der Waals surface area contributed by atoms with Gasteiger partial charge in [-0.2, -0.15) is 0 Å². The van der Waals surface area contributed by atoms with E-state index in [-0.39, 0.29) is 11.3 Å². The Balaban J connectivity index is 1.35. The van der Waals surface area contributed by atoms with Crippen LogP contribution in [0.5, 0.6) is 0 Å². The van der Waals surface area contributed by atoms with Crippen LogP contribution in [-0.4, -0.2) is 41.3 Å². The Morgan fingerprint density at radius 3 is 2.60 bits per heavy atom. The Kier molecular flexibility index (Phi) is 3.52. The SMILES string of the molecule is O=C(O)C1CCC2(CCc3ccc(CN4CCC45COC5)cc32)CC1. The normalized spacial score (nSPS) is 33.0. The first-order chi connectivity index (χ1) is 12.1. The van der Waals surface area contributed by atoms with E-state index in [1.54, 1.807) is 0 Å². The highest BCUT2D eigenvalue weighted by Crippen LogP contribution is 2.50. The van der Waals surface area contributed by atoms with Crippen molar-refractivity contribution in [2.24, 2.45) is 5.92 Å². The molecule has 2 spiro atoms. The van der Waals surface area contributed by atoms with E-state index in [1.807, 2.05) is 0 Å². The molecular weight excluding hydrogens is 314 g/mol. The minimum atomic E-state index is -0.604. The van der Waals surface area contributed by atoms with E-state index in [4.69, 9.17) is 4.74 Å². The summed E-state index contributed by atoms with van der Waals surface area (Å²) >= 11 is 0. The zero-order chi connectivity index (χ0) is 17.1. The van der Waals surface area contributed by atoms with Crippen molar-refractivity contribution in [1.29, 1.82) is 0 Å². The van der Waals surface area contributed by atoms with Crippen LogP contribution in [0.25, 0.3) is 0 Å². The van der Waals surface area contributed by atoms with Crippen LogP contribution in [0.15, 0.2) is 18.2 Å². The van der Waals surface area contributed by atoms with Crippen molar-refractivity contribution >= 4 is 5.97 Å². The molecule has 0 unspecified atom stereocenters. The number of fused-ring (bicyclic) bond motifs is 2. The summed E-state index contributed by atoms with van der Waals surface area (Å²) in [6.07, 6.45) is 7.41. The van der Waals surface area contributed by atoms with Crippen LogP contribution in [0.3, 0.4) is 0 Å². The van der Waals surface area contributed by atoms with Gasteiger partial charge in [-0.1, -0.05) is 18.2 Å². The van der Waals surface area contributed by atoms with Gasteiger partial charge in [0.1, 0.15) is 0 Å². The summed E-state index contributed by atoms with van der Waals surface area (Å²) in [5.41, 5.74) is 5.06. The van der Waals surface area contributed by atoms with Crippen LogP contribution in [0.4, 0.5) is 0 Å². The molecule has 0 atom stereocenters. The van der Waals surface area contributed by atoms with Crippen molar-refractivity contribution in [3.05, 3.63) is 34.9 Å². The Labute approximate surface area is 149 Å². The van der Waals surface area contributed by atoms with Crippen LogP contribution in [0.2, 0.25) is 0 Å². The monoisotopic (exact) mass is 341 g/mol. The molecule has 5 rings (SSSR count). The summed E-state index contributed by atoms with van der Waals surface area (Å²) in [5.74, 6) is -0.731. The minimum Gasteiger partial charge on any atom is -0.481 e. The third kappa shape index (κ3) is 2.37. The zero-order valence-electron chi connectivity index (χ0n) is 14.8. The molecule has 1 saturated carbocycles. The van der Waals surface area contributed by atoms with Crippen molar-refractivity contribution < 1.29 is 14.6 Å². The third-order valence-corrected chi connectivity index (χ3v) is 7.54. The summed E-state index contributed by atoms with van der Waals surface area (Å²) in [6.45, 7) is 4.02. The molecule has 3 fully saturated rings. The second kappa shape index (κ2) is 5.55. The number of aliphatic carboxylic acids is 1. The van der Waals surface area contributed by atoms with Gasteiger partial charge >= 0.3 is 5.97 Å². The first-order valence-corrected chi connectivity index (χ1v) is 9.78. The van der Waals surface area contributed by atoms with E-state index < -0.39 is 5.97 Å². The second-order valence-corrected chi connectivity index (χ2v) is 8.77. The number of aryl methyl sites for hydroxylation is 1. The average molecular weight is 341 g/mol. The zero-order valence-corrected chi connectivity index (χ0v) is 14.8. The molecule has 4 heteroatoms. The van der Waals surface area contributed by atoms with Gasteiger partial charge in [-0.25, -0.2) is 0 Å². The Morgan fingerprint density at radius 2 is 2.00 bits per heavy atom. The van der Waals surface area contributed by atoms with Gasteiger partial charge in [-0.15, -0.1) is 0 Å². The van der Waals surface area contributed by atoms with Gasteiger partial charge in [0.05, 0.1) is 24.7 Å². The maximum absolute atomic E-state index is 11.3. The number of rotatable bonds is 3. The Bertz CT molecular complexity index is 696. The minimum absolute atomic E-state index is 0.127. The molecule has 4 nitrogen and oxygen atoms in total. The van der Waals surface area contributed by atoms with Gasteiger partial charge in [0, 0.05) is 13.1 Å². The fourth-order valence-electron chi connectivity index (χ4n) is 5.60. The van der Waals surface area contributed by atoms with Crippen molar-refractivity contribution in [3.63, 3.8) is 0 Å². The molecule has 2 aliphatic heterocycles. The molecule has 1 aromatic carbocycles. The summed E-state index contributed by atoms with van der Waals surface area (Å²) in [7, 11) is 0. The van der Waals surface area contributed by atoms with Crippen molar-refractivity contribution in [1.82, 2.24) is 4.90 Å². The number of carboxylic acids is 1. The highest BCUT2D eigenvalue weighted by atomic mass is 16.5. The van der Waals surface area contributed by atoms with Gasteiger partial charge in [-0.05, 0) is 67.1 Å². The smallest absolute Gasteiger partial charge is 0.306 e. The van der Waals surface area contributed by atoms with E-state index in [1.165, 1.54) is 36.1 Å². The van der Waals surface area contributed by atoms with E-state index in [9.17, 15) is 9.90 Å². The fraction of sp³-hybridized carbons (Fsp3) is 0.667. The molecular formula is C21H27NO3. The highest BCUT2D eigenvalue weighted by molar-refractivity contribution is 5.70. The molecule has 0 bridgehead atoms. The second-order valence-electron chi connectivity index (χ2n) is 8.77. The number of carbonyl (C=O) groups is 1. The Hall–Kier alpha value is -1.39. The molecule has 2 aliphatic carbocycles. The van der Waals surface area contributed by atoms with Crippen LogP contribution in [0.1, 0.15) is 55.2 Å². The molecule has 4 aliphatic rings. The molecule has 134 valence electrons. The molecule has 0 radical (unpaired) electrons. The van der Waals surface area contributed by atoms with Crippen molar-refractivity contribution in [3.8, 4) is 0 Å². The van der Waals surface area contributed by atoms with E-state index in [2.05, 4.69) is 23.1 Å². The molecule has 1 N–H and O–H groups in total. The number of hydrogen-bond acceptors (Lipinski definition) is 3. The standard InChI is InChI=1S/C21H27NO3/c23-19(24)17-4-7-20(8-5-17)6-3-16-2-1-15(11-18(16)20)12-22-10-9-21(22)13-25-14-21/h1-2,11,17H,3-10,12-14H2,(H,23,24). The Morgan fingerprint density at radius 1 is 1.20 bits per heavy atom. The van der Waals surface area contributed by atoms with Gasteiger partial charge in [0.2, 0.25) is 0 Å². The van der Waals surface area contributed by atoms with Gasteiger partial charge in [0.15, 0.2) is 0 Å². The molecule has 25 heavy (non-hydrogen) atoms. The number of hydrogen-bond donors (Lipinski definition) is 1. The predicted molar refractivity (Wildman–Crippen MR) is 94.6 cm³/mol. The summed E-state index contributed by atoms with van der Waals surface area (Å²) in [4.78, 5) is 13.9. The topological polar surface area (TPSA) is 49.8 Å². The fourth-order valence-corrected chi connectivity index (χ4v) is 5.60. The van der Waals surface area contributed by atoms with Crippen LogP contribution >= 0.6 is 0 Å². The molecule has 2 saturated heterocycles. The van der Waals surface area contributed by atoms with Crippen molar-refractivity contribution in [2.45, 2.75) is 62.4 Å². The number of benzene rings is 1. The van der Waals surface area contributed by atoms with Crippen LogP contribution in [-0.2, 0) is 27.9 Å². The lowest BCUT2D eigenvalue weighted by Gasteiger charge is -2.57. The van der Waals surface area contributed by atoms with E-state index in [0.29, 0.717) is 5.54 Å². The number of carboxylic acid groups (broad SMARTS) is 1. The molecule has 1 aromatic rings. The quantitative estimate of drug-likeness (QED) is 0.918. The highest BCUT2D eigenvalue weighted by Gasteiger charge is 2.50. The predicted octanol–water partition coefficient (Wildman–Crippen LogP) is 3.12. The number of ether oxygens (including phenoxy) is 1. The molecule has 0 amide bonds. The lowest BCUT2D eigenvalue weighted by molar-refractivity contribution is -0.195. The lowest BCUT2D eigenvalue weighted by atomic mass is 9.67. The molecule has 2 heterocycles. The largest absolute Gasteiger partial charge is 0.481 e. The number of nitrogens with zero attached hydrogens (tertiary/aromatic N) is 1. The van der Waals surface area contributed by atoms with Crippen molar-refractivity contribution in [2.75, 3.05) is 19.8 Å². The lowest BCUT2D eigenvalue weighted by Crippen LogP contribution is -2.70. The maximum atomic E-state index is 11.3. The number of likely N-dealkylation sites (tertiary alicyclic amines) is 1. The average Bonchev–Trinajstić information content (AvgIpc) is 2.89. The summed E-state index contributed by atoms with van der Waals surface area (Å²) in [5, 5.41) is 9.30. The van der Waals surface area contributed by atoms with Gasteiger partial charge in [-0.3, -0.25) is 9.69 Å². The summed E-state index contributed by atoms with van der Waals surface area (Å²) in [6, 6.07) is 7.10. The third-order valence-electron chi connectivity index (χ3n) is 7.54. The van der Waals surface area contributed by atoms with E-state index >= 15 is 0 Å². The van der Waals surface area contributed by atoms with Gasteiger partial charge < -0.3 is 9.84 Å². The van der Waals surface area contributed by atoms with Crippen LogP contribution in [0, 0.1) is 5.92 Å². The maximum Gasteiger partial charge on any atom is 0.306 e. The first-order valence-electron chi connectivity index (χ1n) is 9.78. The molecule has 0 aromatic heterocycles. The van der Waals surface area contributed by atoms with Gasteiger partial charge in [0.25, 0.3) is 0 Å². The summed E-state index contributed by atoms with van der Waals surface area (Å²) < 4.78 is 5.45. The van der Waals surface area contributed by atoms with E-state index in [0.717, 1.165) is 51.9 Å². The van der Waals surface area contributed by atoms with Crippen LogP contribution < -0.4 is 0 Å². The first kappa shape index (κ1) is 15.8.